The number of imide groups is 1. The van der Waals surface area contributed by atoms with Crippen LogP contribution in [0.5, 0.6) is 0 Å². The maximum atomic E-state index is 12.7. The van der Waals surface area contributed by atoms with E-state index in [-0.39, 0.29) is 40.2 Å². The first-order valence-electron chi connectivity index (χ1n) is 9.99. The van der Waals surface area contributed by atoms with Crippen molar-refractivity contribution in [2.24, 2.45) is 0 Å². The molecule has 4 rings (SSSR count). The summed E-state index contributed by atoms with van der Waals surface area (Å²) in [6, 6.07) is 11.8. The van der Waals surface area contributed by atoms with Crippen LogP contribution < -0.4 is 14.9 Å². The van der Waals surface area contributed by atoms with Gasteiger partial charge in [0.05, 0.1) is 10.6 Å². The first kappa shape index (κ1) is 22.6. The summed E-state index contributed by atoms with van der Waals surface area (Å²) in [5, 5.41) is 11.3. The fourth-order valence-electron chi connectivity index (χ4n) is 3.18. The number of hydrogen-bond acceptors (Lipinski definition) is 8. The minimum Gasteiger partial charge on any atom is -0.322 e. The van der Waals surface area contributed by atoms with E-state index in [1.807, 2.05) is 6.92 Å². The fourth-order valence-corrected chi connectivity index (χ4v) is 5.09. The highest BCUT2D eigenvalue weighted by atomic mass is 32.2. The standard InChI is InChI=1S/C21H19N5O5S2/c1-2-17-23-24-21(32-17)25-33(30,31)16-8-6-14(7-9-16)22-20(29)13-4-3-5-15(12-13)26-18(27)10-11-19(26)28/h3-9,12H,2,10-11H2,1H3,(H,22,29)(H,24,25). The van der Waals surface area contributed by atoms with E-state index in [1.165, 1.54) is 30.3 Å². The van der Waals surface area contributed by atoms with Gasteiger partial charge < -0.3 is 5.32 Å². The van der Waals surface area contributed by atoms with Crippen LogP contribution in [0.3, 0.4) is 0 Å². The molecule has 0 unspecified atom stereocenters. The number of hydrogen-bond donors (Lipinski definition) is 2. The summed E-state index contributed by atoms with van der Waals surface area (Å²) in [5.74, 6) is -1.07. The summed E-state index contributed by atoms with van der Waals surface area (Å²) in [6.45, 7) is 1.90. The molecule has 33 heavy (non-hydrogen) atoms. The molecule has 3 amide bonds. The van der Waals surface area contributed by atoms with E-state index in [0.29, 0.717) is 22.8 Å². The summed E-state index contributed by atoms with van der Waals surface area (Å²) in [6.07, 6.45) is 0.956. The molecule has 0 spiro atoms. The zero-order valence-electron chi connectivity index (χ0n) is 17.4. The van der Waals surface area contributed by atoms with Crippen molar-refractivity contribution >= 4 is 55.6 Å². The van der Waals surface area contributed by atoms with Gasteiger partial charge in [0.25, 0.3) is 15.9 Å². The van der Waals surface area contributed by atoms with Crippen LogP contribution in [-0.2, 0) is 26.0 Å². The zero-order valence-corrected chi connectivity index (χ0v) is 19.1. The Labute approximate surface area is 193 Å². The van der Waals surface area contributed by atoms with Gasteiger partial charge in [0.1, 0.15) is 5.01 Å². The molecule has 0 saturated carbocycles. The van der Waals surface area contributed by atoms with Crippen LogP contribution in [0.15, 0.2) is 53.4 Å². The summed E-state index contributed by atoms with van der Waals surface area (Å²) < 4.78 is 27.5. The molecule has 1 saturated heterocycles. The smallest absolute Gasteiger partial charge is 0.263 e. The minimum atomic E-state index is -3.86. The Morgan fingerprint density at radius 1 is 1.06 bits per heavy atom. The van der Waals surface area contributed by atoms with Crippen LogP contribution >= 0.6 is 11.3 Å². The molecule has 10 nitrogen and oxygen atoms in total. The average Bonchev–Trinajstić information content (AvgIpc) is 3.39. The highest BCUT2D eigenvalue weighted by Crippen LogP contribution is 2.25. The third kappa shape index (κ3) is 4.91. The summed E-state index contributed by atoms with van der Waals surface area (Å²) in [5.41, 5.74) is 0.966. The number of amides is 3. The van der Waals surface area contributed by atoms with Gasteiger partial charge in [-0.25, -0.2) is 8.42 Å². The van der Waals surface area contributed by atoms with Crippen LogP contribution in [0.25, 0.3) is 0 Å². The molecule has 2 N–H and O–H groups in total. The second-order valence-corrected chi connectivity index (χ2v) is 9.86. The third-order valence-corrected chi connectivity index (χ3v) is 7.30. The van der Waals surface area contributed by atoms with Gasteiger partial charge in [0.2, 0.25) is 16.9 Å². The van der Waals surface area contributed by atoms with Crippen LogP contribution in [0.4, 0.5) is 16.5 Å². The number of benzene rings is 2. The minimum absolute atomic E-state index is 0.00167. The van der Waals surface area contributed by atoms with E-state index in [0.717, 1.165) is 16.2 Å². The van der Waals surface area contributed by atoms with E-state index in [4.69, 9.17) is 0 Å². The van der Waals surface area contributed by atoms with Gasteiger partial charge in [0, 0.05) is 24.1 Å². The zero-order chi connectivity index (χ0) is 23.6. The van der Waals surface area contributed by atoms with Crippen molar-refractivity contribution in [3.63, 3.8) is 0 Å². The lowest BCUT2D eigenvalue weighted by atomic mass is 10.1. The largest absolute Gasteiger partial charge is 0.322 e. The molecule has 1 aliphatic rings. The summed E-state index contributed by atoms with van der Waals surface area (Å²) in [7, 11) is -3.86. The van der Waals surface area contributed by atoms with Crippen molar-refractivity contribution < 1.29 is 22.8 Å². The maximum Gasteiger partial charge on any atom is 0.263 e. The quantitative estimate of drug-likeness (QED) is 0.491. The third-order valence-electron chi connectivity index (χ3n) is 4.83. The number of aromatic nitrogens is 2. The number of anilines is 3. The van der Waals surface area contributed by atoms with E-state index in [9.17, 15) is 22.8 Å². The average molecular weight is 486 g/mol. The van der Waals surface area contributed by atoms with E-state index in [1.54, 1.807) is 18.2 Å². The second kappa shape index (κ2) is 9.08. The molecule has 0 bridgehead atoms. The molecule has 0 aliphatic carbocycles. The van der Waals surface area contributed by atoms with Gasteiger partial charge in [-0.1, -0.05) is 24.3 Å². The van der Waals surface area contributed by atoms with Gasteiger partial charge in [-0.05, 0) is 48.9 Å². The Hall–Kier alpha value is -3.64. The summed E-state index contributed by atoms with van der Waals surface area (Å²) >= 11 is 1.16. The van der Waals surface area contributed by atoms with E-state index in [2.05, 4.69) is 20.2 Å². The van der Waals surface area contributed by atoms with Gasteiger partial charge in [-0.3, -0.25) is 24.0 Å². The summed E-state index contributed by atoms with van der Waals surface area (Å²) in [4.78, 5) is 37.6. The number of aryl methyl sites for hydroxylation is 1. The molecule has 0 atom stereocenters. The number of carbonyl (C=O) groups excluding carboxylic acids is 3. The Bertz CT molecular complexity index is 1320. The predicted octanol–water partition coefficient (Wildman–Crippen LogP) is 2.81. The molecule has 1 fully saturated rings. The molecule has 0 radical (unpaired) electrons. The molecule has 2 aromatic carbocycles. The Kier molecular flexibility index (Phi) is 6.20. The first-order valence-corrected chi connectivity index (χ1v) is 12.3. The fraction of sp³-hybridized carbons (Fsp3) is 0.190. The van der Waals surface area contributed by atoms with Crippen LogP contribution in [-0.4, -0.2) is 36.3 Å². The van der Waals surface area contributed by atoms with E-state index < -0.39 is 15.9 Å². The van der Waals surface area contributed by atoms with Crippen molar-refractivity contribution in [1.82, 2.24) is 10.2 Å². The van der Waals surface area contributed by atoms with Crippen LogP contribution in [0, 0.1) is 0 Å². The van der Waals surface area contributed by atoms with Crippen molar-refractivity contribution in [1.29, 1.82) is 0 Å². The molecule has 1 aromatic heterocycles. The normalized spacial score (nSPS) is 13.9. The highest BCUT2D eigenvalue weighted by molar-refractivity contribution is 7.93. The number of nitrogens with zero attached hydrogens (tertiary/aromatic N) is 3. The lowest BCUT2D eigenvalue weighted by molar-refractivity contribution is -0.121. The molecular weight excluding hydrogens is 466 g/mol. The predicted molar refractivity (Wildman–Crippen MR) is 123 cm³/mol. The van der Waals surface area contributed by atoms with Crippen molar-refractivity contribution in [2.75, 3.05) is 14.9 Å². The van der Waals surface area contributed by atoms with E-state index >= 15 is 0 Å². The molecule has 170 valence electrons. The maximum absolute atomic E-state index is 12.7. The van der Waals surface area contributed by atoms with Gasteiger partial charge >= 0.3 is 0 Å². The van der Waals surface area contributed by atoms with Crippen molar-refractivity contribution in [2.45, 2.75) is 31.1 Å². The SMILES string of the molecule is CCc1nnc(NS(=O)(=O)c2ccc(NC(=O)c3cccc(N4C(=O)CCC4=O)c3)cc2)s1. The molecule has 12 heteroatoms. The Morgan fingerprint density at radius 2 is 1.76 bits per heavy atom. The van der Waals surface area contributed by atoms with Crippen molar-refractivity contribution in [3.05, 3.63) is 59.1 Å². The van der Waals surface area contributed by atoms with Gasteiger partial charge in [-0.15, -0.1) is 10.2 Å². The second-order valence-electron chi connectivity index (χ2n) is 7.11. The molecule has 2 heterocycles. The topological polar surface area (TPSA) is 138 Å². The first-order chi connectivity index (χ1) is 15.8. The van der Waals surface area contributed by atoms with Crippen molar-refractivity contribution in [3.8, 4) is 0 Å². The lowest BCUT2D eigenvalue weighted by Crippen LogP contribution is -2.28. The highest BCUT2D eigenvalue weighted by Gasteiger charge is 2.30. The van der Waals surface area contributed by atoms with Crippen LogP contribution in [0.2, 0.25) is 0 Å². The Balaban J connectivity index is 1.46. The van der Waals surface area contributed by atoms with Gasteiger partial charge in [0.15, 0.2) is 0 Å². The number of carbonyl (C=O) groups is 3. The number of rotatable bonds is 7. The Morgan fingerprint density at radius 3 is 2.39 bits per heavy atom. The molecule has 3 aromatic rings. The lowest BCUT2D eigenvalue weighted by Gasteiger charge is -2.15. The molecular formula is C21H19N5O5S2. The monoisotopic (exact) mass is 485 g/mol. The number of nitrogens with one attached hydrogen (secondary N) is 2. The van der Waals surface area contributed by atoms with Crippen LogP contribution in [0.1, 0.15) is 35.1 Å². The number of sulfonamides is 1. The van der Waals surface area contributed by atoms with Gasteiger partial charge in [-0.2, -0.15) is 0 Å². The molecule has 1 aliphatic heterocycles.